The molecule has 24 heavy (non-hydrogen) atoms. The molecule has 0 aliphatic carbocycles. The molecule has 0 unspecified atom stereocenters. The van der Waals surface area contributed by atoms with Gasteiger partial charge in [0.05, 0.1) is 12.1 Å². The fourth-order valence-corrected chi connectivity index (χ4v) is 2.99. The summed E-state index contributed by atoms with van der Waals surface area (Å²) in [5.41, 5.74) is 0.328. The lowest BCUT2D eigenvalue weighted by atomic mass is 10.1. The van der Waals surface area contributed by atoms with Gasteiger partial charge in [-0.15, -0.1) is 0 Å². The number of aromatic nitrogens is 2. The largest absolute Gasteiger partial charge is 0.416 e. The predicted molar refractivity (Wildman–Crippen MR) is 85.2 cm³/mol. The number of benzene rings is 1. The Morgan fingerprint density at radius 3 is 2.21 bits per heavy atom. The number of nitrogens with zero attached hydrogens (tertiary/aromatic N) is 3. The van der Waals surface area contributed by atoms with E-state index in [2.05, 4.69) is 19.8 Å². The highest BCUT2D eigenvalue weighted by molar-refractivity contribution is 5.24. The van der Waals surface area contributed by atoms with Crippen LogP contribution < -0.4 is 0 Å². The molecule has 1 aliphatic rings. The molecule has 2 heterocycles. The molecule has 0 saturated carbocycles. The van der Waals surface area contributed by atoms with E-state index in [-0.39, 0.29) is 0 Å². The molecule has 0 spiro atoms. The van der Waals surface area contributed by atoms with E-state index in [1.54, 1.807) is 18.3 Å². The number of alkyl halides is 3. The van der Waals surface area contributed by atoms with Crippen LogP contribution in [0.25, 0.3) is 0 Å². The van der Waals surface area contributed by atoms with E-state index >= 15 is 0 Å². The van der Waals surface area contributed by atoms with Gasteiger partial charge in [0.15, 0.2) is 0 Å². The smallest absolute Gasteiger partial charge is 0.348 e. The highest BCUT2D eigenvalue weighted by Gasteiger charge is 2.30. The van der Waals surface area contributed by atoms with Crippen LogP contribution in [0.1, 0.15) is 23.4 Å². The van der Waals surface area contributed by atoms with Crippen molar-refractivity contribution in [2.24, 2.45) is 0 Å². The molecule has 0 bridgehead atoms. The average molecular weight is 338 g/mol. The lowest BCUT2D eigenvalue weighted by molar-refractivity contribution is -0.137. The highest BCUT2D eigenvalue weighted by atomic mass is 19.4. The van der Waals surface area contributed by atoms with E-state index in [0.29, 0.717) is 6.54 Å². The van der Waals surface area contributed by atoms with Gasteiger partial charge in [-0.1, -0.05) is 12.1 Å². The minimum atomic E-state index is -4.27. The maximum atomic E-state index is 12.6. The Kier molecular flexibility index (Phi) is 5.20. The van der Waals surface area contributed by atoms with Crippen LogP contribution in [0.4, 0.5) is 13.2 Å². The van der Waals surface area contributed by atoms with Crippen molar-refractivity contribution >= 4 is 0 Å². The molecule has 1 aromatic carbocycles. The van der Waals surface area contributed by atoms with Crippen LogP contribution >= 0.6 is 0 Å². The third-order valence-corrected chi connectivity index (χ3v) is 4.30. The topological polar surface area (TPSA) is 35.2 Å². The molecule has 4 nitrogen and oxygen atoms in total. The first-order valence-electron chi connectivity index (χ1n) is 8.10. The van der Waals surface area contributed by atoms with E-state index in [1.807, 2.05) is 6.20 Å². The second kappa shape index (κ2) is 7.36. The molecule has 7 heteroatoms. The molecule has 1 saturated heterocycles. The fraction of sp³-hybridized carbons (Fsp3) is 0.471. The van der Waals surface area contributed by atoms with Gasteiger partial charge in [-0.05, 0) is 37.2 Å². The molecule has 3 rings (SSSR count). The Morgan fingerprint density at radius 1 is 0.958 bits per heavy atom. The van der Waals surface area contributed by atoms with Gasteiger partial charge in [-0.3, -0.25) is 9.80 Å². The molecule has 1 aliphatic heterocycles. The molecule has 0 radical (unpaired) electrons. The molecule has 1 aromatic heterocycles. The summed E-state index contributed by atoms with van der Waals surface area (Å²) in [7, 11) is 0. The maximum Gasteiger partial charge on any atom is 0.416 e. The minimum absolute atomic E-state index is 0.591. The Hall–Kier alpha value is -1.86. The quantitative estimate of drug-likeness (QED) is 0.930. The normalized spacial score (nSPS) is 17.8. The molecular formula is C17H21F3N4. The Bertz CT molecular complexity index is 622. The van der Waals surface area contributed by atoms with Gasteiger partial charge in [0, 0.05) is 32.0 Å². The van der Waals surface area contributed by atoms with E-state index in [0.717, 1.165) is 62.7 Å². The van der Waals surface area contributed by atoms with Crippen LogP contribution in [-0.2, 0) is 19.3 Å². The first kappa shape index (κ1) is 17.0. The summed E-state index contributed by atoms with van der Waals surface area (Å²) in [4.78, 5) is 12.0. The lowest BCUT2D eigenvalue weighted by Gasteiger charge is -2.21. The Balaban J connectivity index is 1.53. The minimum Gasteiger partial charge on any atom is -0.348 e. The zero-order valence-corrected chi connectivity index (χ0v) is 13.4. The number of nitrogens with one attached hydrogen (secondary N) is 1. The zero-order valence-electron chi connectivity index (χ0n) is 13.4. The van der Waals surface area contributed by atoms with Crippen molar-refractivity contribution in [3.05, 3.63) is 53.6 Å². The number of halogens is 3. The summed E-state index contributed by atoms with van der Waals surface area (Å²) in [6, 6.07) is 5.48. The second-order valence-electron chi connectivity index (χ2n) is 6.14. The van der Waals surface area contributed by atoms with Crippen LogP contribution in [0.5, 0.6) is 0 Å². The molecular weight excluding hydrogens is 317 g/mol. The monoisotopic (exact) mass is 338 g/mol. The van der Waals surface area contributed by atoms with Crippen LogP contribution in [0, 0.1) is 0 Å². The van der Waals surface area contributed by atoms with Crippen molar-refractivity contribution in [1.29, 1.82) is 0 Å². The number of H-pyrrole nitrogens is 1. The second-order valence-corrected chi connectivity index (χ2v) is 6.14. The Morgan fingerprint density at radius 2 is 1.62 bits per heavy atom. The van der Waals surface area contributed by atoms with Crippen molar-refractivity contribution < 1.29 is 13.2 Å². The maximum absolute atomic E-state index is 12.6. The van der Waals surface area contributed by atoms with Crippen LogP contribution in [0.3, 0.4) is 0 Å². The van der Waals surface area contributed by atoms with E-state index in [1.165, 1.54) is 0 Å². The van der Waals surface area contributed by atoms with E-state index in [9.17, 15) is 13.2 Å². The molecule has 0 atom stereocenters. The summed E-state index contributed by atoms with van der Waals surface area (Å²) < 4.78 is 37.8. The number of aromatic amines is 1. The van der Waals surface area contributed by atoms with E-state index in [4.69, 9.17) is 0 Å². The van der Waals surface area contributed by atoms with Crippen molar-refractivity contribution in [3.63, 3.8) is 0 Å². The molecule has 130 valence electrons. The summed E-state index contributed by atoms with van der Waals surface area (Å²) in [6.07, 6.45) is 0.350. The lowest BCUT2D eigenvalue weighted by Crippen LogP contribution is -2.30. The number of rotatable bonds is 4. The van der Waals surface area contributed by atoms with Crippen LogP contribution in [0.15, 0.2) is 36.7 Å². The Labute approximate surface area is 139 Å². The summed E-state index contributed by atoms with van der Waals surface area (Å²) in [6.45, 7) is 5.29. The highest BCUT2D eigenvalue weighted by Crippen LogP contribution is 2.29. The van der Waals surface area contributed by atoms with Crippen LogP contribution in [0.2, 0.25) is 0 Å². The zero-order chi connectivity index (χ0) is 17.0. The standard InChI is InChI=1S/C17H21F3N4/c18-17(19,20)15-4-2-14(3-5-15)12-23-8-1-9-24(11-10-23)13-16-21-6-7-22-16/h2-7H,1,8-13H2,(H,21,22). The van der Waals surface area contributed by atoms with Gasteiger partial charge >= 0.3 is 6.18 Å². The van der Waals surface area contributed by atoms with Crippen molar-refractivity contribution in [1.82, 2.24) is 19.8 Å². The van der Waals surface area contributed by atoms with Gasteiger partial charge in [0.25, 0.3) is 0 Å². The number of imidazole rings is 1. The summed E-state index contributed by atoms with van der Waals surface area (Å²) in [5, 5.41) is 0. The van der Waals surface area contributed by atoms with Crippen molar-refractivity contribution in [3.8, 4) is 0 Å². The van der Waals surface area contributed by atoms with Gasteiger partial charge in [0.1, 0.15) is 5.82 Å². The molecule has 2 aromatic rings. The molecule has 0 amide bonds. The third-order valence-electron chi connectivity index (χ3n) is 4.30. The predicted octanol–water partition coefficient (Wildman–Crippen LogP) is 3.14. The average Bonchev–Trinajstić information content (AvgIpc) is 2.95. The fourth-order valence-electron chi connectivity index (χ4n) is 2.99. The number of hydrogen-bond acceptors (Lipinski definition) is 3. The SMILES string of the molecule is FC(F)(F)c1ccc(CN2CCCN(Cc3ncc[nH]3)CC2)cc1. The van der Waals surface area contributed by atoms with E-state index < -0.39 is 11.7 Å². The first-order chi connectivity index (χ1) is 11.5. The van der Waals surface area contributed by atoms with Gasteiger partial charge in [-0.25, -0.2) is 4.98 Å². The van der Waals surface area contributed by atoms with Crippen molar-refractivity contribution in [2.45, 2.75) is 25.7 Å². The summed E-state index contributed by atoms with van der Waals surface area (Å²) in [5.74, 6) is 0.964. The third kappa shape index (κ3) is 4.58. The van der Waals surface area contributed by atoms with Crippen LogP contribution in [-0.4, -0.2) is 45.9 Å². The molecule has 1 N–H and O–H groups in total. The van der Waals surface area contributed by atoms with Gasteiger partial charge in [-0.2, -0.15) is 13.2 Å². The van der Waals surface area contributed by atoms with Gasteiger partial charge < -0.3 is 4.98 Å². The van der Waals surface area contributed by atoms with Crippen molar-refractivity contribution in [2.75, 3.05) is 26.2 Å². The summed E-state index contributed by atoms with van der Waals surface area (Å²) >= 11 is 0. The van der Waals surface area contributed by atoms with Gasteiger partial charge in [0.2, 0.25) is 0 Å². The first-order valence-corrected chi connectivity index (χ1v) is 8.10. The molecule has 1 fully saturated rings. The number of hydrogen-bond donors (Lipinski definition) is 1.